The smallest absolute Gasteiger partial charge is 0.252 e. The van der Waals surface area contributed by atoms with Crippen LogP contribution in [0.5, 0.6) is 0 Å². The molecule has 0 aliphatic heterocycles. The molecule has 0 bridgehead atoms. The van der Waals surface area contributed by atoms with Gasteiger partial charge in [-0.25, -0.2) is 0 Å². The molecule has 7 nitrogen and oxygen atoms in total. The van der Waals surface area contributed by atoms with E-state index in [9.17, 15) is 19.2 Å². The number of carbonyl (C=O) groups excluding carboxylic acids is 4. The molecular weight excluding hydrogens is 430 g/mol. The minimum Gasteiger partial charge on any atom is -0.345 e. The van der Waals surface area contributed by atoms with Gasteiger partial charge in [0.05, 0.1) is 6.04 Å². The molecule has 0 radical (unpaired) electrons. The molecule has 180 valence electrons. The van der Waals surface area contributed by atoms with Gasteiger partial charge < -0.3 is 20.7 Å². The van der Waals surface area contributed by atoms with Crippen LogP contribution in [0.25, 0.3) is 10.8 Å². The van der Waals surface area contributed by atoms with Crippen LogP contribution >= 0.6 is 0 Å². The number of hydrogen-bond acceptors (Lipinski definition) is 4. The van der Waals surface area contributed by atoms with Gasteiger partial charge in [-0.3, -0.25) is 14.4 Å². The Hall–Kier alpha value is -3.74. The average Bonchev–Trinajstić information content (AvgIpc) is 2.81. The van der Waals surface area contributed by atoms with Gasteiger partial charge in [-0.2, -0.15) is 0 Å². The Bertz CT molecular complexity index is 1080. The van der Waals surface area contributed by atoms with Crippen LogP contribution in [0.1, 0.15) is 44.5 Å². The van der Waals surface area contributed by atoms with Crippen LogP contribution < -0.4 is 16.0 Å². The molecule has 0 aliphatic carbocycles. The Labute approximate surface area is 200 Å². The minimum atomic E-state index is -0.947. The number of amides is 3. The molecule has 3 unspecified atom stereocenters. The summed E-state index contributed by atoms with van der Waals surface area (Å²) in [6.45, 7) is 10.9. The van der Waals surface area contributed by atoms with Crippen LogP contribution in [0.2, 0.25) is 0 Å². The molecule has 0 heterocycles. The van der Waals surface area contributed by atoms with Crippen molar-refractivity contribution in [3.05, 3.63) is 72.3 Å². The van der Waals surface area contributed by atoms with E-state index in [0.717, 1.165) is 10.8 Å². The fraction of sp³-hybridized carbons (Fsp3) is 0.333. The normalized spacial score (nSPS) is 13.8. The lowest BCUT2D eigenvalue weighted by Gasteiger charge is -2.23. The molecule has 7 heteroatoms. The summed E-state index contributed by atoms with van der Waals surface area (Å²) in [5, 5.41) is 9.74. The molecule has 0 fully saturated rings. The van der Waals surface area contributed by atoms with E-state index in [2.05, 4.69) is 22.5 Å². The van der Waals surface area contributed by atoms with Gasteiger partial charge in [0, 0.05) is 12.0 Å². The van der Waals surface area contributed by atoms with Gasteiger partial charge in [0.2, 0.25) is 11.8 Å². The lowest BCUT2D eigenvalue weighted by Crippen LogP contribution is -2.54. The standard InChI is InChI=1S/C27H33N3O4/c1-6-10-18(4)15-23(27(34)28-19(5)25(32)30-24(16-31)17(2)3)29-26(33)22-14-9-12-20-11-7-8-13-21(20)22/h6-14,16-17,19,23-24H,4,15H2,1-3,5H3,(H,28,34)(H,29,33)(H,30,32). The van der Waals surface area contributed by atoms with Gasteiger partial charge in [0.25, 0.3) is 5.91 Å². The summed E-state index contributed by atoms with van der Waals surface area (Å²) in [6.07, 6.45) is 4.40. The topological polar surface area (TPSA) is 104 Å². The molecule has 0 saturated carbocycles. The maximum atomic E-state index is 13.1. The van der Waals surface area contributed by atoms with E-state index in [4.69, 9.17) is 0 Å². The lowest BCUT2D eigenvalue weighted by molar-refractivity contribution is -0.130. The third kappa shape index (κ3) is 7.13. The van der Waals surface area contributed by atoms with Crippen molar-refractivity contribution >= 4 is 34.8 Å². The molecule has 34 heavy (non-hydrogen) atoms. The predicted molar refractivity (Wildman–Crippen MR) is 134 cm³/mol. The summed E-state index contributed by atoms with van der Waals surface area (Å²) >= 11 is 0. The molecule has 2 aromatic rings. The summed E-state index contributed by atoms with van der Waals surface area (Å²) in [5.41, 5.74) is 1.10. The van der Waals surface area contributed by atoms with E-state index < -0.39 is 35.8 Å². The Morgan fingerprint density at radius 2 is 1.62 bits per heavy atom. The van der Waals surface area contributed by atoms with Crippen molar-refractivity contribution in [3.63, 3.8) is 0 Å². The van der Waals surface area contributed by atoms with Gasteiger partial charge >= 0.3 is 0 Å². The van der Waals surface area contributed by atoms with Crippen molar-refractivity contribution in [2.45, 2.75) is 52.2 Å². The van der Waals surface area contributed by atoms with Gasteiger partial charge in [-0.05, 0) is 36.6 Å². The van der Waals surface area contributed by atoms with Crippen LogP contribution in [0.4, 0.5) is 0 Å². The highest BCUT2D eigenvalue weighted by Gasteiger charge is 2.27. The van der Waals surface area contributed by atoms with Crippen LogP contribution in [0.15, 0.2) is 66.8 Å². The lowest BCUT2D eigenvalue weighted by atomic mass is 10.0. The van der Waals surface area contributed by atoms with Crippen molar-refractivity contribution in [1.29, 1.82) is 0 Å². The van der Waals surface area contributed by atoms with E-state index in [-0.39, 0.29) is 12.3 Å². The van der Waals surface area contributed by atoms with E-state index in [1.54, 1.807) is 24.3 Å². The van der Waals surface area contributed by atoms with E-state index in [0.29, 0.717) is 17.4 Å². The monoisotopic (exact) mass is 463 g/mol. The highest BCUT2D eigenvalue weighted by molar-refractivity contribution is 6.08. The number of hydrogen-bond donors (Lipinski definition) is 3. The first-order valence-corrected chi connectivity index (χ1v) is 11.3. The van der Waals surface area contributed by atoms with Crippen molar-refractivity contribution in [2.75, 3.05) is 0 Å². The second-order valence-electron chi connectivity index (χ2n) is 8.56. The average molecular weight is 464 g/mol. The fourth-order valence-corrected chi connectivity index (χ4v) is 3.46. The molecule has 3 atom stereocenters. The van der Waals surface area contributed by atoms with Gasteiger partial charge in [-0.15, -0.1) is 0 Å². The quantitative estimate of drug-likeness (QED) is 0.351. The molecule has 2 aromatic carbocycles. The van der Waals surface area contributed by atoms with Crippen molar-refractivity contribution in [1.82, 2.24) is 16.0 Å². The summed E-state index contributed by atoms with van der Waals surface area (Å²) in [6, 6.07) is 10.4. The zero-order chi connectivity index (χ0) is 25.3. The third-order valence-electron chi connectivity index (χ3n) is 5.45. The first-order valence-electron chi connectivity index (χ1n) is 11.3. The number of carbonyl (C=O) groups is 4. The summed E-state index contributed by atoms with van der Waals surface area (Å²) in [4.78, 5) is 49.9. The Morgan fingerprint density at radius 1 is 0.941 bits per heavy atom. The van der Waals surface area contributed by atoms with E-state index in [1.165, 1.54) is 6.92 Å². The maximum absolute atomic E-state index is 13.1. The van der Waals surface area contributed by atoms with E-state index in [1.807, 2.05) is 51.1 Å². The summed E-state index contributed by atoms with van der Waals surface area (Å²) < 4.78 is 0. The summed E-state index contributed by atoms with van der Waals surface area (Å²) in [5.74, 6) is -1.48. The molecule has 3 amide bonds. The molecule has 0 aromatic heterocycles. The zero-order valence-corrected chi connectivity index (χ0v) is 20.1. The second-order valence-corrected chi connectivity index (χ2v) is 8.56. The van der Waals surface area contributed by atoms with Crippen molar-refractivity contribution in [3.8, 4) is 0 Å². The maximum Gasteiger partial charge on any atom is 0.252 e. The molecule has 0 spiro atoms. The molecular formula is C27H33N3O4. The van der Waals surface area contributed by atoms with Crippen LogP contribution in [-0.2, 0) is 14.4 Å². The predicted octanol–water partition coefficient (Wildman–Crippen LogP) is 3.31. The number of rotatable bonds is 11. The van der Waals surface area contributed by atoms with Gasteiger partial charge in [-0.1, -0.05) is 74.5 Å². The van der Waals surface area contributed by atoms with Gasteiger partial charge in [0.1, 0.15) is 18.4 Å². The van der Waals surface area contributed by atoms with Crippen LogP contribution in [0, 0.1) is 5.92 Å². The van der Waals surface area contributed by atoms with Crippen molar-refractivity contribution in [2.24, 2.45) is 5.92 Å². The zero-order valence-electron chi connectivity index (χ0n) is 20.1. The van der Waals surface area contributed by atoms with Crippen molar-refractivity contribution < 1.29 is 19.2 Å². The highest BCUT2D eigenvalue weighted by atomic mass is 16.2. The first-order chi connectivity index (χ1) is 16.2. The number of aldehydes is 1. The largest absolute Gasteiger partial charge is 0.345 e. The molecule has 0 aliphatic rings. The SMILES string of the molecule is C=C(C=CC)CC(NC(=O)c1cccc2ccccc12)C(=O)NC(C)C(=O)NC(C=O)C(C)C. The Kier molecular flexibility index (Phi) is 9.74. The van der Waals surface area contributed by atoms with E-state index >= 15 is 0 Å². The first kappa shape index (κ1) is 26.5. The fourth-order valence-electron chi connectivity index (χ4n) is 3.46. The third-order valence-corrected chi connectivity index (χ3v) is 5.45. The molecule has 3 N–H and O–H groups in total. The Morgan fingerprint density at radius 3 is 2.26 bits per heavy atom. The molecule has 0 saturated heterocycles. The molecule has 2 rings (SSSR count). The highest BCUT2D eigenvalue weighted by Crippen LogP contribution is 2.19. The second kappa shape index (κ2) is 12.5. The number of allylic oxidation sites excluding steroid dienone is 2. The summed E-state index contributed by atoms with van der Waals surface area (Å²) in [7, 11) is 0. The van der Waals surface area contributed by atoms with Crippen LogP contribution in [0.3, 0.4) is 0 Å². The number of fused-ring (bicyclic) bond motifs is 1. The number of nitrogens with one attached hydrogen (secondary N) is 3. The van der Waals surface area contributed by atoms with Gasteiger partial charge in [0.15, 0.2) is 0 Å². The Balaban J connectivity index is 2.20. The minimum absolute atomic E-state index is 0.0822. The number of benzene rings is 2. The van der Waals surface area contributed by atoms with Crippen LogP contribution in [-0.4, -0.2) is 42.1 Å².